The maximum Gasteiger partial charge on any atom is 0.228 e. The number of likely N-dealkylation sites (N-methyl/N-ethyl adjacent to an activating group) is 1. The lowest BCUT2D eigenvalue weighted by Crippen LogP contribution is -2.32. The van der Waals surface area contributed by atoms with Crippen LogP contribution in [0.4, 0.5) is 0 Å². The number of methoxy groups -OCH3 is 1. The predicted octanol–water partition coefficient (Wildman–Crippen LogP) is 5.49. The largest absolute Gasteiger partial charge is 0.496 e. The quantitative estimate of drug-likeness (QED) is 0.464. The van der Waals surface area contributed by atoms with Crippen LogP contribution in [0.25, 0.3) is 16.9 Å². The van der Waals surface area contributed by atoms with Crippen molar-refractivity contribution in [3.05, 3.63) is 50.7 Å². The van der Waals surface area contributed by atoms with Gasteiger partial charge in [0, 0.05) is 24.8 Å². The standard InChI is InChI=1S/C20H20BrCl2N3O2/c1-4-25(5-2)18(27)10-16-19(12-6-7-17(28-3)14(21)8-12)24-20-15(23)9-13(22)11-26(16)20/h6-9,11H,4-5,10H2,1-3H3. The van der Waals surface area contributed by atoms with Crippen molar-refractivity contribution in [2.24, 2.45) is 0 Å². The minimum Gasteiger partial charge on any atom is -0.496 e. The van der Waals surface area contributed by atoms with Crippen molar-refractivity contribution in [3.8, 4) is 17.0 Å². The summed E-state index contributed by atoms with van der Waals surface area (Å²) in [6, 6.07) is 7.33. The number of hydrogen-bond donors (Lipinski definition) is 0. The summed E-state index contributed by atoms with van der Waals surface area (Å²) in [5.41, 5.74) is 2.85. The molecule has 2 aromatic heterocycles. The molecule has 148 valence electrons. The molecule has 3 rings (SSSR count). The molecule has 0 aliphatic heterocycles. The van der Waals surface area contributed by atoms with Crippen LogP contribution in [0.3, 0.4) is 0 Å². The van der Waals surface area contributed by atoms with Gasteiger partial charge in [-0.1, -0.05) is 23.2 Å². The minimum atomic E-state index is 0.0247. The Morgan fingerprint density at radius 3 is 2.57 bits per heavy atom. The van der Waals surface area contributed by atoms with Crippen molar-refractivity contribution in [2.45, 2.75) is 20.3 Å². The number of hydrogen-bond acceptors (Lipinski definition) is 3. The summed E-state index contributed by atoms with van der Waals surface area (Å²) in [6.07, 6.45) is 1.93. The first-order chi connectivity index (χ1) is 13.4. The average molecular weight is 485 g/mol. The van der Waals surface area contributed by atoms with Crippen LogP contribution in [-0.2, 0) is 11.2 Å². The van der Waals surface area contributed by atoms with Gasteiger partial charge in [-0.15, -0.1) is 0 Å². The third kappa shape index (κ3) is 4.00. The van der Waals surface area contributed by atoms with Gasteiger partial charge in [-0.2, -0.15) is 0 Å². The van der Waals surface area contributed by atoms with E-state index < -0.39 is 0 Å². The van der Waals surface area contributed by atoms with Gasteiger partial charge in [-0.25, -0.2) is 4.98 Å². The van der Waals surface area contributed by atoms with E-state index in [1.54, 1.807) is 28.7 Å². The number of nitrogens with zero attached hydrogens (tertiary/aromatic N) is 3. The molecule has 0 bridgehead atoms. The summed E-state index contributed by atoms with van der Waals surface area (Å²) in [7, 11) is 1.61. The predicted molar refractivity (Wildman–Crippen MR) is 117 cm³/mol. The highest BCUT2D eigenvalue weighted by Gasteiger charge is 2.21. The van der Waals surface area contributed by atoms with Crippen LogP contribution in [-0.4, -0.2) is 40.4 Å². The molecule has 0 radical (unpaired) electrons. The zero-order valence-corrected chi connectivity index (χ0v) is 18.9. The Labute approximate surface area is 182 Å². The smallest absolute Gasteiger partial charge is 0.228 e. The van der Waals surface area contributed by atoms with E-state index in [0.717, 1.165) is 15.7 Å². The van der Waals surface area contributed by atoms with Gasteiger partial charge < -0.3 is 14.0 Å². The van der Waals surface area contributed by atoms with Gasteiger partial charge in [-0.3, -0.25) is 4.79 Å². The molecule has 2 heterocycles. The Morgan fingerprint density at radius 1 is 1.25 bits per heavy atom. The molecular weight excluding hydrogens is 465 g/mol. The van der Waals surface area contributed by atoms with E-state index in [2.05, 4.69) is 15.9 Å². The van der Waals surface area contributed by atoms with Gasteiger partial charge in [0.05, 0.1) is 39.4 Å². The molecule has 0 saturated carbocycles. The fourth-order valence-electron chi connectivity index (χ4n) is 3.17. The lowest BCUT2D eigenvalue weighted by molar-refractivity contribution is -0.130. The van der Waals surface area contributed by atoms with Crippen molar-refractivity contribution in [1.29, 1.82) is 0 Å². The van der Waals surface area contributed by atoms with Crippen molar-refractivity contribution < 1.29 is 9.53 Å². The Bertz CT molecular complexity index is 1030. The molecule has 0 spiro atoms. The van der Waals surface area contributed by atoms with E-state index in [1.165, 1.54) is 0 Å². The summed E-state index contributed by atoms with van der Waals surface area (Å²) in [5, 5.41) is 0.914. The third-order valence-corrected chi connectivity index (χ3v) is 5.71. The number of benzene rings is 1. The normalized spacial score (nSPS) is 11.1. The highest BCUT2D eigenvalue weighted by molar-refractivity contribution is 9.10. The van der Waals surface area contributed by atoms with Crippen LogP contribution in [0.1, 0.15) is 19.5 Å². The fraction of sp³-hybridized carbons (Fsp3) is 0.300. The number of ether oxygens (including phenoxy) is 1. The summed E-state index contributed by atoms with van der Waals surface area (Å²) < 4.78 is 7.92. The van der Waals surface area contributed by atoms with Crippen molar-refractivity contribution in [2.75, 3.05) is 20.2 Å². The number of amides is 1. The number of fused-ring (bicyclic) bond motifs is 1. The molecule has 0 unspecified atom stereocenters. The molecule has 8 heteroatoms. The number of aromatic nitrogens is 2. The molecule has 3 aromatic rings. The molecule has 0 fully saturated rings. The second-order valence-electron chi connectivity index (χ2n) is 6.20. The maximum atomic E-state index is 12.8. The van der Waals surface area contributed by atoms with Crippen molar-refractivity contribution in [3.63, 3.8) is 0 Å². The fourth-order valence-corrected chi connectivity index (χ4v) is 4.22. The SMILES string of the molecule is CCN(CC)C(=O)Cc1c(-c2ccc(OC)c(Br)c2)nc2c(Cl)cc(Cl)cn12. The molecule has 0 atom stereocenters. The summed E-state index contributed by atoms with van der Waals surface area (Å²) in [6.45, 7) is 5.23. The van der Waals surface area contributed by atoms with Crippen LogP contribution in [0.5, 0.6) is 5.75 Å². The highest BCUT2D eigenvalue weighted by atomic mass is 79.9. The Hall–Kier alpha value is -1.76. The van der Waals surface area contributed by atoms with Gasteiger partial charge in [-0.05, 0) is 54.0 Å². The molecule has 1 aromatic carbocycles. The van der Waals surface area contributed by atoms with Crippen molar-refractivity contribution >= 4 is 50.7 Å². The zero-order valence-electron chi connectivity index (χ0n) is 15.8. The van der Waals surface area contributed by atoms with Gasteiger partial charge in [0.15, 0.2) is 5.65 Å². The van der Waals surface area contributed by atoms with Gasteiger partial charge >= 0.3 is 0 Å². The van der Waals surface area contributed by atoms with E-state index in [1.807, 2.05) is 32.0 Å². The number of halogens is 3. The van der Waals surface area contributed by atoms with Gasteiger partial charge in [0.2, 0.25) is 5.91 Å². The number of imidazole rings is 1. The molecule has 5 nitrogen and oxygen atoms in total. The first-order valence-corrected chi connectivity index (χ1v) is 10.4. The monoisotopic (exact) mass is 483 g/mol. The van der Waals surface area contributed by atoms with Crippen LogP contribution < -0.4 is 4.74 Å². The van der Waals surface area contributed by atoms with Crippen LogP contribution in [0, 0.1) is 0 Å². The van der Waals surface area contributed by atoms with Crippen molar-refractivity contribution in [1.82, 2.24) is 14.3 Å². The number of pyridine rings is 1. The van der Waals surface area contributed by atoms with Crippen LogP contribution in [0.15, 0.2) is 34.9 Å². The van der Waals surface area contributed by atoms with Crippen LogP contribution in [0.2, 0.25) is 10.0 Å². The van der Waals surface area contributed by atoms with E-state index in [0.29, 0.717) is 40.2 Å². The van der Waals surface area contributed by atoms with E-state index in [-0.39, 0.29) is 12.3 Å². The Kier molecular flexibility index (Phi) is 6.53. The number of rotatable bonds is 6. The summed E-state index contributed by atoms with van der Waals surface area (Å²) in [5.74, 6) is 0.742. The summed E-state index contributed by atoms with van der Waals surface area (Å²) in [4.78, 5) is 19.3. The maximum absolute atomic E-state index is 12.8. The second kappa shape index (κ2) is 8.72. The lowest BCUT2D eigenvalue weighted by atomic mass is 10.1. The highest BCUT2D eigenvalue weighted by Crippen LogP contribution is 2.34. The number of carbonyl (C=O) groups is 1. The average Bonchev–Trinajstić information content (AvgIpc) is 3.01. The minimum absolute atomic E-state index is 0.0247. The molecule has 0 aliphatic carbocycles. The Morgan fingerprint density at radius 2 is 1.96 bits per heavy atom. The topological polar surface area (TPSA) is 46.8 Å². The zero-order chi connectivity index (χ0) is 20.4. The van der Waals surface area contributed by atoms with Gasteiger partial charge in [0.1, 0.15) is 5.75 Å². The molecule has 0 N–H and O–H groups in total. The third-order valence-electron chi connectivity index (χ3n) is 4.60. The molecule has 0 saturated heterocycles. The van der Waals surface area contributed by atoms with Crippen LogP contribution >= 0.6 is 39.1 Å². The first kappa shape index (κ1) is 21.0. The van der Waals surface area contributed by atoms with E-state index >= 15 is 0 Å². The lowest BCUT2D eigenvalue weighted by Gasteiger charge is -2.19. The van der Waals surface area contributed by atoms with E-state index in [9.17, 15) is 4.79 Å². The first-order valence-electron chi connectivity index (χ1n) is 8.87. The molecule has 0 aliphatic rings. The summed E-state index contributed by atoms with van der Waals surface area (Å²) >= 11 is 16.1. The van der Waals surface area contributed by atoms with E-state index in [4.69, 9.17) is 32.9 Å². The second-order valence-corrected chi connectivity index (χ2v) is 7.90. The Balaban J connectivity index is 2.20. The number of carbonyl (C=O) groups excluding carboxylic acids is 1. The molecular formula is C20H20BrCl2N3O2. The molecule has 28 heavy (non-hydrogen) atoms. The molecule has 1 amide bonds. The van der Waals surface area contributed by atoms with Gasteiger partial charge in [0.25, 0.3) is 0 Å².